The molecule has 0 saturated heterocycles. The highest BCUT2D eigenvalue weighted by Gasteiger charge is 2.32. The van der Waals surface area contributed by atoms with E-state index in [2.05, 4.69) is 25.5 Å². The first-order chi connectivity index (χ1) is 14.7. The minimum atomic E-state index is -0.848. The van der Waals surface area contributed by atoms with Gasteiger partial charge in [-0.05, 0) is 45.2 Å². The van der Waals surface area contributed by atoms with Gasteiger partial charge in [-0.15, -0.1) is 5.48 Å². The van der Waals surface area contributed by atoms with Crippen LogP contribution in [0.5, 0.6) is 0 Å². The van der Waals surface area contributed by atoms with E-state index in [-0.39, 0.29) is 5.95 Å². The first kappa shape index (κ1) is 20.9. The summed E-state index contributed by atoms with van der Waals surface area (Å²) in [6, 6.07) is 3.97. The van der Waals surface area contributed by atoms with Gasteiger partial charge in [0.05, 0.1) is 29.6 Å². The fourth-order valence-electron chi connectivity index (χ4n) is 3.22. The lowest BCUT2D eigenvalue weighted by atomic mass is 10.0. The van der Waals surface area contributed by atoms with Crippen molar-refractivity contribution in [3.63, 3.8) is 0 Å². The smallest absolute Gasteiger partial charge is 0.245 e. The normalized spacial score (nSPS) is 18.6. The average Bonchev–Trinajstić information content (AvgIpc) is 3.33. The highest BCUT2D eigenvalue weighted by atomic mass is 16.7. The molecule has 10 heteroatoms. The van der Waals surface area contributed by atoms with Crippen LogP contribution in [-0.4, -0.2) is 47.0 Å². The van der Waals surface area contributed by atoms with Gasteiger partial charge in [0.25, 0.3) is 0 Å². The Hall–Kier alpha value is -3.37. The summed E-state index contributed by atoms with van der Waals surface area (Å²) in [5.74, 6) is 0.728. The zero-order chi connectivity index (χ0) is 22.1. The number of aromatic nitrogens is 5. The average molecular weight is 422 g/mol. The number of hydrogen-bond donors (Lipinski definition) is 3. The zero-order valence-electron chi connectivity index (χ0n) is 17.8. The van der Waals surface area contributed by atoms with Crippen molar-refractivity contribution in [2.75, 3.05) is 5.73 Å². The number of nitrogens with zero attached hydrogens (tertiary/aromatic N) is 6. The van der Waals surface area contributed by atoms with E-state index in [9.17, 15) is 5.11 Å². The molecule has 0 amide bonds. The van der Waals surface area contributed by atoms with E-state index < -0.39 is 11.3 Å². The van der Waals surface area contributed by atoms with Gasteiger partial charge in [0.1, 0.15) is 5.66 Å². The Kier molecular flexibility index (Phi) is 5.42. The molecular formula is C21H26N8O2. The molecule has 0 spiro atoms. The molecule has 31 heavy (non-hydrogen) atoms. The van der Waals surface area contributed by atoms with Crippen LogP contribution in [0.2, 0.25) is 0 Å². The third kappa shape index (κ3) is 5.22. The van der Waals surface area contributed by atoms with E-state index in [1.807, 2.05) is 31.5 Å². The quantitative estimate of drug-likeness (QED) is 0.523. The second kappa shape index (κ2) is 8.05. The summed E-state index contributed by atoms with van der Waals surface area (Å²) in [6.45, 7) is 5.84. The fraction of sp³-hybridized carbons (Fsp3) is 0.381. The van der Waals surface area contributed by atoms with Crippen LogP contribution in [0, 0.1) is 0 Å². The van der Waals surface area contributed by atoms with Crippen LogP contribution in [0.1, 0.15) is 38.3 Å². The van der Waals surface area contributed by atoms with Gasteiger partial charge in [0.15, 0.2) is 0 Å². The van der Waals surface area contributed by atoms with Gasteiger partial charge in [0, 0.05) is 30.4 Å². The molecule has 4 rings (SSSR count). The van der Waals surface area contributed by atoms with Crippen molar-refractivity contribution in [1.29, 1.82) is 0 Å². The molecule has 1 aliphatic rings. The van der Waals surface area contributed by atoms with Crippen LogP contribution in [-0.2, 0) is 17.8 Å². The minimum absolute atomic E-state index is 0.240. The third-order valence-corrected chi connectivity index (χ3v) is 4.84. The second-order valence-electron chi connectivity index (χ2n) is 8.52. The van der Waals surface area contributed by atoms with E-state index in [1.165, 1.54) is 0 Å². The molecule has 1 unspecified atom stereocenters. The summed E-state index contributed by atoms with van der Waals surface area (Å²) in [7, 11) is 0. The van der Waals surface area contributed by atoms with Crippen molar-refractivity contribution in [2.24, 2.45) is 4.99 Å². The Labute approximate surface area is 180 Å². The summed E-state index contributed by atoms with van der Waals surface area (Å²) in [5.41, 5.74) is 10.6. The zero-order valence-corrected chi connectivity index (χ0v) is 17.8. The summed E-state index contributed by atoms with van der Waals surface area (Å²) < 4.78 is 1.68. The Balaban J connectivity index is 1.38. The number of nitrogens with two attached hydrogens (primary N) is 1. The SMILES string of the molecule is CC(C)(O)Cn1cc(C2=NC(C)(CCc3ccc(-c4cnc(N)nc4)nc3)NO2)cn1. The van der Waals surface area contributed by atoms with Crippen molar-refractivity contribution in [2.45, 2.75) is 51.4 Å². The van der Waals surface area contributed by atoms with Crippen LogP contribution in [0.3, 0.4) is 0 Å². The highest BCUT2D eigenvalue weighted by molar-refractivity contribution is 5.94. The molecule has 0 saturated carbocycles. The number of hydrogen-bond acceptors (Lipinski definition) is 9. The van der Waals surface area contributed by atoms with Crippen LogP contribution >= 0.6 is 0 Å². The molecule has 162 valence electrons. The molecule has 3 aromatic heterocycles. The lowest BCUT2D eigenvalue weighted by Gasteiger charge is -2.18. The lowest BCUT2D eigenvalue weighted by molar-refractivity contribution is 0.0577. The van der Waals surface area contributed by atoms with E-state index in [0.29, 0.717) is 12.4 Å². The molecule has 0 aromatic carbocycles. The molecule has 0 radical (unpaired) electrons. The van der Waals surface area contributed by atoms with Crippen LogP contribution < -0.4 is 11.2 Å². The number of rotatable bonds is 7. The standard InChI is InChI=1S/C21H26N8O2/c1-20(2,30)13-29-12-16(11-26-29)18-27-21(3,28-31-18)7-6-14-4-5-17(23-8-14)15-9-24-19(22)25-10-15/h4-5,8-12,28,30H,6-7,13H2,1-3H3,(H2,22,24,25). The number of pyridine rings is 1. The Morgan fingerprint density at radius 2 is 1.90 bits per heavy atom. The topological polar surface area (TPSA) is 136 Å². The van der Waals surface area contributed by atoms with E-state index >= 15 is 0 Å². The van der Waals surface area contributed by atoms with Gasteiger partial charge < -0.3 is 15.7 Å². The number of aliphatic imine (C=N–C) groups is 1. The molecule has 0 bridgehead atoms. The summed E-state index contributed by atoms with van der Waals surface area (Å²) >= 11 is 0. The maximum atomic E-state index is 9.95. The van der Waals surface area contributed by atoms with Crippen molar-refractivity contribution >= 4 is 11.8 Å². The predicted octanol–water partition coefficient (Wildman–Crippen LogP) is 1.72. The Bertz CT molecular complexity index is 1070. The van der Waals surface area contributed by atoms with E-state index in [1.54, 1.807) is 37.1 Å². The lowest BCUT2D eigenvalue weighted by Crippen LogP contribution is -2.35. The van der Waals surface area contributed by atoms with Crippen molar-refractivity contribution < 1.29 is 9.94 Å². The number of nitrogen functional groups attached to an aromatic ring is 1. The van der Waals surface area contributed by atoms with Gasteiger partial charge in [-0.25, -0.2) is 15.0 Å². The number of anilines is 1. The summed E-state index contributed by atoms with van der Waals surface area (Å²) in [4.78, 5) is 22.8. The first-order valence-corrected chi connectivity index (χ1v) is 10.0. The van der Waals surface area contributed by atoms with E-state index in [0.717, 1.165) is 35.2 Å². The molecule has 3 aromatic rings. The summed E-state index contributed by atoms with van der Waals surface area (Å²) in [5, 5.41) is 14.2. The summed E-state index contributed by atoms with van der Waals surface area (Å²) in [6.07, 6.45) is 10.1. The molecule has 4 heterocycles. The predicted molar refractivity (Wildman–Crippen MR) is 116 cm³/mol. The molecule has 0 fully saturated rings. The van der Waals surface area contributed by atoms with Crippen LogP contribution in [0.25, 0.3) is 11.3 Å². The van der Waals surface area contributed by atoms with Crippen LogP contribution in [0.15, 0.2) is 48.1 Å². The second-order valence-corrected chi connectivity index (χ2v) is 8.52. The Morgan fingerprint density at radius 1 is 1.13 bits per heavy atom. The number of hydroxylamine groups is 1. The number of aryl methyl sites for hydroxylation is 1. The molecule has 0 aliphatic carbocycles. The minimum Gasteiger partial charge on any atom is -0.389 e. The van der Waals surface area contributed by atoms with Crippen molar-refractivity contribution in [3.05, 3.63) is 54.2 Å². The fourth-order valence-corrected chi connectivity index (χ4v) is 3.22. The molecule has 10 nitrogen and oxygen atoms in total. The van der Waals surface area contributed by atoms with Gasteiger partial charge >= 0.3 is 0 Å². The van der Waals surface area contributed by atoms with Gasteiger partial charge in [-0.2, -0.15) is 5.10 Å². The van der Waals surface area contributed by atoms with Gasteiger partial charge in [-0.3, -0.25) is 9.67 Å². The number of nitrogens with one attached hydrogen (secondary N) is 1. The molecule has 4 N–H and O–H groups in total. The van der Waals surface area contributed by atoms with Gasteiger partial charge in [0.2, 0.25) is 11.8 Å². The molecular weight excluding hydrogens is 396 g/mol. The number of aliphatic hydroxyl groups is 1. The largest absolute Gasteiger partial charge is 0.389 e. The maximum Gasteiger partial charge on any atom is 0.245 e. The van der Waals surface area contributed by atoms with Crippen molar-refractivity contribution in [3.8, 4) is 11.3 Å². The molecule has 1 atom stereocenters. The van der Waals surface area contributed by atoms with E-state index in [4.69, 9.17) is 15.6 Å². The molecule has 1 aliphatic heterocycles. The third-order valence-electron chi connectivity index (χ3n) is 4.84. The monoisotopic (exact) mass is 422 g/mol. The van der Waals surface area contributed by atoms with Crippen LogP contribution in [0.4, 0.5) is 5.95 Å². The maximum absolute atomic E-state index is 9.95. The first-order valence-electron chi connectivity index (χ1n) is 10.0. The highest BCUT2D eigenvalue weighted by Crippen LogP contribution is 2.23. The van der Waals surface area contributed by atoms with Crippen molar-refractivity contribution in [1.82, 2.24) is 30.2 Å². The Morgan fingerprint density at radius 3 is 2.58 bits per heavy atom. The van der Waals surface area contributed by atoms with Gasteiger partial charge in [-0.1, -0.05) is 6.07 Å².